The molecule has 0 unspecified atom stereocenters. The van der Waals surface area contributed by atoms with Gasteiger partial charge in [-0.25, -0.2) is 0 Å². The molecule has 2 aliphatic rings. The Hall–Kier alpha value is 0.0569. The molecule has 0 atom stereocenters. The van der Waals surface area contributed by atoms with Gasteiger partial charge in [-0.15, -0.1) is 0 Å². The lowest BCUT2D eigenvalue weighted by Crippen LogP contribution is -2.22. The fraction of sp³-hybridized carbons (Fsp3) is 1.00. The van der Waals surface area contributed by atoms with Crippen LogP contribution in [0.2, 0.25) is 0 Å². The smallest absolute Gasteiger partial charge is 0.379 e. The van der Waals surface area contributed by atoms with Crippen molar-refractivity contribution in [2.45, 2.75) is 57.4 Å². The van der Waals surface area contributed by atoms with E-state index >= 15 is 0 Å². The molecule has 17 heavy (non-hydrogen) atoms. The molecule has 0 aromatic rings. The highest BCUT2D eigenvalue weighted by molar-refractivity contribution is 6.36. The van der Waals surface area contributed by atoms with Crippen LogP contribution in [0.1, 0.15) is 51.4 Å². The summed E-state index contributed by atoms with van der Waals surface area (Å²) in [5, 5.41) is 0. The summed E-state index contributed by atoms with van der Waals surface area (Å²) in [4.78, 5) is 0. The van der Waals surface area contributed by atoms with Crippen molar-refractivity contribution in [3.8, 4) is 0 Å². The van der Waals surface area contributed by atoms with E-state index in [4.69, 9.17) is 19.0 Å². The summed E-state index contributed by atoms with van der Waals surface area (Å²) in [7, 11) is 3.05. The van der Waals surface area contributed by atoms with Crippen LogP contribution in [0.3, 0.4) is 0 Å². The quantitative estimate of drug-likeness (QED) is 0.792. The first-order valence-electron chi connectivity index (χ1n) is 6.58. The number of hydrogen-bond acceptors (Lipinski definition) is 4. The third-order valence-corrected chi connectivity index (χ3v) is 3.74. The fourth-order valence-corrected chi connectivity index (χ4v) is 2.00. The van der Waals surface area contributed by atoms with Crippen molar-refractivity contribution in [1.29, 1.82) is 0 Å². The predicted octanol–water partition coefficient (Wildman–Crippen LogP) is 2.09. The minimum atomic E-state index is -1.67. The Kier molecular flexibility index (Phi) is 12.6. The van der Waals surface area contributed by atoms with Gasteiger partial charge in [0.1, 0.15) is 0 Å². The molecule has 5 heteroatoms. The molecule has 104 valence electrons. The van der Waals surface area contributed by atoms with Gasteiger partial charge < -0.3 is 19.0 Å². The van der Waals surface area contributed by atoms with E-state index in [1.807, 2.05) is 0 Å². The van der Waals surface area contributed by atoms with Crippen LogP contribution < -0.4 is 5.73 Å². The average molecular weight is 263 g/mol. The van der Waals surface area contributed by atoms with Gasteiger partial charge in [0.2, 0.25) is 0 Å². The topological polar surface area (TPSA) is 53.7 Å². The van der Waals surface area contributed by atoms with Crippen molar-refractivity contribution < 1.29 is 13.3 Å². The summed E-state index contributed by atoms with van der Waals surface area (Å²) >= 11 is 0. The molecule has 0 heterocycles. The first-order chi connectivity index (χ1) is 8.24. The summed E-state index contributed by atoms with van der Waals surface area (Å²) < 4.78 is 14.2. The van der Waals surface area contributed by atoms with E-state index < -0.39 is 9.53 Å². The fourth-order valence-electron chi connectivity index (χ4n) is 1.42. The van der Waals surface area contributed by atoms with E-state index in [0.717, 1.165) is 0 Å². The molecule has 2 rings (SSSR count). The molecule has 0 amide bonds. The molecular weight excluding hydrogens is 234 g/mol. The van der Waals surface area contributed by atoms with Crippen molar-refractivity contribution >= 4 is 9.53 Å². The molecular formula is C12H29NO3Si. The first kappa shape index (κ1) is 17.1. The Morgan fingerprint density at radius 1 is 0.765 bits per heavy atom. The van der Waals surface area contributed by atoms with Crippen LogP contribution in [0, 0.1) is 0 Å². The van der Waals surface area contributed by atoms with Crippen molar-refractivity contribution in [1.82, 2.24) is 0 Å². The molecule has 2 saturated carbocycles. The van der Waals surface area contributed by atoms with Gasteiger partial charge in [-0.05, 0) is 12.8 Å². The van der Waals surface area contributed by atoms with Crippen molar-refractivity contribution in [2.24, 2.45) is 5.73 Å². The van der Waals surface area contributed by atoms with E-state index in [9.17, 15) is 0 Å². The van der Waals surface area contributed by atoms with Gasteiger partial charge in [-0.3, -0.25) is 0 Å². The maximum absolute atomic E-state index is 5.63. The predicted molar refractivity (Wildman–Crippen MR) is 73.1 cm³/mol. The van der Waals surface area contributed by atoms with Crippen LogP contribution in [-0.2, 0) is 13.3 Å². The van der Waals surface area contributed by atoms with Crippen LogP contribution in [0.5, 0.6) is 0 Å². The third-order valence-electron chi connectivity index (χ3n) is 2.58. The zero-order chi connectivity index (χ0) is 12.9. The van der Waals surface area contributed by atoms with Gasteiger partial charge >= 0.3 is 9.53 Å². The monoisotopic (exact) mass is 263 g/mol. The van der Waals surface area contributed by atoms with Crippen molar-refractivity contribution in [3.05, 3.63) is 0 Å². The second-order valence-electron chi connectivity index (χ2n) is 4.45. The van der Waals surface area contributed by atoms with Crippen LogP contribution in [0.4, 0.5) is 0 Å². The van der Waals surface area contributed by atoms with Gasteiger partial charge in [0.25, 0.3) is 0 Å². The van der Waals surface area contributed by atoms with Gasteiger partial charge in [-0.1, -0.05) is 38.5 Å². The average Bonchev–Trinajstić information content (AvgIpc) is 3.21. The van der Waals surface area contributed by atoms with Crippen LogP contribution >= 0.6 is 0 Å². The number of hydrogen-bond donors (Lipinski definition) is 1. The molecule has 0 bridgehead atoms. The van der Waals surface area contributed by atoms with Gasteiger partial charge in [0, 0.05) is 27.4 Å². The van der Waals surface area contributed by atoms with Gasteiger partial charge in [-0.2, -0.15) is 0 Å². The lowest BCUT2D eigenvalue weighted by Gasteiger charge is -2.15. The van der Waals surface area contributed by atoms with Crippen LogP contribution in [0.15, 0.2) is 0 Å². The molecule has 2 N–H and O–H groups in total. The number of rotatable bonds is 3. The van der Waals surface area contributed by atoms with E-state index in [1.165, 1.54) is 51.4 Å². The molecule has 0 aromatic carbocycles. The van der Waals surface area contributed by atoms with E-state index in [1.54, 1.807) is 21.3 Å². The molecule has 0 aliphatic heterocycles. The molecule has 2 fully saturated rings. The largest absolute Gasteiger partial charge is 0.483 e. The molecule has 0 saturated heterocycles. The summed E-state index contributed by atoms with van der Waals surface area (Å²) in [5.74, 6) is 0. The van der Waals surface area contributed by atoms with Crippen molar-refractivity contribution in [3.63, 3.8) is 0 Å². The minimum Gasteiger partial charge on any atom is -0.379 e. The molecule has 0 aromatic heterocycles. The Bertz CT molecular complexity index is 140. The van der Waals surface area contributed by atoms with Gasteiger partial charge in [0.15, 0.2) is 0 Å². The molecule has 2 aliphatic carbocycles. The Labute approximate surface area is 108 Å². The first-order valence-corrected chi connectivity index (χ1v) is 8.00. The molecule has 0 spiro atoms. The SMILES string of the molecule is C1CC1.CO[SiH](OC)OC.NC1CCCCC1. The van der Waals surface area contributed by atoms with Crippen molar-refractivity contribution in [2.75, 3.05) is 21.3 Å². The van der Waals surface area contributed by atoms with Gasteiger partial charge in [0.05, 0.1) is 0 Å². The number of nitrogens with two attached hydrogens (primary N) is 1. The minimum absolute atomic E-state index is 0.536. The summed E-state index contributed by atoms with van der Waals surface area (Å²) in [6, 6.07) is 0.536. The lowest BCUT2D eigenvalue weighted by molar-refractivity contribution is 0.163. The zero-order valence-corrected chi connectivity index (χ0v) is 12.8. The lowest BCUT2D eigenvalue weighted by atomic mass is 9.97. The Morgan fingerprint density at radius 2 is 1.12 bits per heavy atom. The van der Waals surface area contributed by atoms with E-state index in [0.29, 0.717) is 6.04 Å². The summed E-state index contributed by atoms with van der Waals surface area (Å²) in [5.41, 5.74) is 5.63. The maximum Gasteiger partial charge on any atom is 0.483 e. The molecule has 4 nitrogen and oxygen atoms in total. The highest BCUT2D eigenvalue weighted by atomic mass is 28.3. The van der Waals surface area contributed by atoms with Crippen LogP contribution in [-0.4, -0.2) is 36.9 Å². The van der Waals surface area contributed by atoms with E-state index in [-0.39, 0.29) is 0 Å². The third kappa shape index (κ3) is 14.0. The summed E-state index contributed by atoms with van der Waals surface area (Å²) in [6.45, 7) is 0. The Morgan fingerprint density at radius 3 is 1.24 bits per heavy atom. The second-order valence-corrected chi connectivity index (χ2v) is 6.45. The highest BCUT2D eigenvalue weighted by Gasteiger charge is 2.06. The Balaban J connectivity index is 0.000000242. The standard InChI is InChI=1S/C6H13N.C3H10O3Si.C3H6/c7-6-4-2-1-3-5-6;1-4-7(5-2)6-3;1-2-3-1/h6H,1-5,7H2;7H,1-3H3;1-3H2. The maximum atomic E-state index is 5.63. The zero-order valence-electron chi connectivity index (χ0n) is 11.6. The molecule has 0 radical (unpaired) electrons. The second kappa shape index (κ2) is 12.5. The summed E-state index contributed by atoms with van der Waals surface area (Å²) in [6.07, 6.45) is 11.2. The highest BCUT2D eigenvalue weighted by Crippen LogP contribution is 2.15. The van der Waals surface area contributed by atoms with Crippen LogP contribution in [0.25, 0.3) is 0 Å². The normalized spacial score (nSPS) is 18.9. The van der Waals surface area contributed by atoms with E-state index in [2.05, 4.69) is 0 Å².